The maximum absolute atomic E-state index is 13.6. The van der Waals surface area contributed by atoms with Crippen molar-refractivity contribution in [2.24, 2.45) is 5.92 Å². The molecule has 0 saturated carbocycles. The van der Waals surface area contributed by atoms with E-state index in [1.165, 1.54) is 0 Å². The van der Waals surface area contributed by atoms with Gasteiger partial charge in [0.1, 0.15) is 18.0 Å². The Morgan fingerprint density at radius 2 is 2.08 bits per heavy atom. The van der Waals surface area contributed by atoms with Crippen molar-refractivity contribution >= 4 is 34.4 Å². The molecule has 1 aliphatic carbocycles. The van der Waals surface area contributed by atoms with E-state index < -0.39 is 18.2 Å². The zero-order valence-electron chi connectivity index (χ0n) is 20.9. The van der Waals surface area contributed by atoms with Gasteiger partial charge < -0.3 is 34.6 Å². The van der Waals surface area contributed by atoms with E-state index in [1.54, 1.807) is 17.0 Å². The van der Waals surface area contributed by atoms with E-state index in [-0.39, 0.29) is 43.4 Å². The number of carbonyl (C=O) groups is 2. The van der Waals surface area contributed by atoms with Crippen LogP contribution in [0.4, 0.5) is 0 Å². The molecule has 0 radical (unpaired) electrons. The fourth-order valence-electron chi connectivity index (χ4n) is 4.42. The summed E-state index contributed by atoms with van der Waals surface area (Å²) in [5.41, 5.74) is 0.411. The Kier molecular flexibility index (Phi) is 11.4. The number of hydrogen-bond acceptors (Lipinski definition) is 7. The molecule has 1 saturated heterocycles. The van der Waals surface area contributed by atoms with Gasteiger partial charge in [-0.1, -0.05) is 12.1 Å². The molecule has 0 aromatic heterocycles. The third kappa shape index (κ3) is 7.88. The maximum atomic E-state index is 13.6. The lowest BCUT2D eigenvalue weighted by molar-refractivity contribution is -0.143. The molecule has 2 amide bonds. The van der Waals surface area contributed by atoms with Crippen LogP contribution in [0.1, 0.15) is 33.1 Å². The normalized spacial score (nSPS) is 23.9. The van der Waals surface area contributed by atoms with Gasteiger partial charge in [-0.05, 0) is 67.5 Å². The quantitative estimate of drug-likeness (QED) is 0.243. The summed E-state index contributed by atoms with van der Waals surface area (Å²) in [6, 6.07) is 6.77. The van der Waals surface area contributed by atoms with Crippen molar-refractivity contribution in [2.45, 2.75) is 57.5 Å². The Balaban J connectivity index is 1.88. The monoisotopic (exact) mass is 616 g/mol. The van der Waals surface area contributed by atoms with Gasteiger partial charge in [0.15, 0.2) is 0 Å². The predicted molar refractivity (Wildman–Crippen MR) is 143 cm³/mol. The molecule has 1 aromatic carbocycles. The molecule has 1 aliphatic heterocycles. The van der Waals surface area contributed by atoms with Gasteiger partial charge in [0.25, 0.3) is 0 Å². The Bertz CT molecular complexity index is 904. The lowest BCUT2D eigenvalue weighted by atomic mass is 9.87. The van der Waals surface area contributed by atoms with Gasteiger partial charge in [-0.15, -0.1) is 0 Å². The largest absolute Gasteiger partial charge is 0.482 e. The molecular weight excluding hydrogens is 579 g/mol. The number of carbonyl (C=O) groups excluding carboxylic acids is 2. The SMILES string of the molecule is CC(C)OCCCN(C(=O)C1CCOC1)C1CC(C(=O)NCCO)=CC(Oc2ccccc2I)C1O. The second-order valence-corrected chi connectivity index (χ2v) is 10.5. The first-order valence-corrected chi connectivity index (χ1v) is 13.6. The third-order valence-corrected chi connectivity index (χ3v) is 7.16. The molecule has 9 nitrogen and oxygen atoms in total. The van der Waals surface area contributed by atoms with Crippen LogP contribution in [0.2, 0.25) is 0 Å². The molecule has 4 unspecified atom stereocenters. The van der Waals surface area contributed by atoms with E-state index in [9.17, 15) is 14.7 Å². The highest BCUT2D eigenvalue weighted by molar-refractivity contribution is 14.1. The average molecular weight is 616 g/mol. The molecule has 4 atom stereocenters. The van der Waals surface area contributed by atoms with Crippen LogP contribution in [0.25, 0.3) is 0 Å². The molecule has 0 bridgehead atoms. The van der Waals surface area contributed by atoms with E-state index in [0.717, 1.165) is 3.57 Å². The van der Waals surface area contributed by atoms with E-state index in [2.05, 4.69) is 27.9 Å². The highest BCUT2D eigenvalue weighted by atomic mass is 127. The van der Waals surface area contributed by atoms with E-state index in [1.807, 2.05) is 32.0 Å². The summed E-state index contributed by atoms with van der Waals surface area (Å²) in [5, 5.41) is 23.3. The number of halogens is 1. The van der Waals surface area contributed by atoms with Crippen molar-refractivity contribution in [3.05, 3.63) is 39.5 Å². The van der Waals surface area contributed by atoms with E-state index >= 15 is 0 Å². The lowest BCUT2D eigenvalue weighted by Gasteiger charge is -2.41. The lowest BCUT2D eigenvalue weighted by Crippen LogP contribution is -2.56. The molecule has 10 heteroatoms. The Labute approximate surface area is 226 Å². The second kappa shape index (κ2) is 14.3. The smallest absolute Gasteiger partial charge is 0.247 e. The summed E-state index contributed by atoms with van der Waals surface area (Å²) in [4.78, 5) is 28.2. The van der Waals surface area contributed by atoms with Crippen LogP contribution in [0.15, 0.2) is 35.9 Å². The molecule has 2 aliphatic rings. The fourth-order valence-corrected chi connectivity index (χ4v) is 4.94. The Morgan fingerprint density at radius 3 is 2.75 bits per heavy atom. The third-order valence-electron chi connectivity index (χ3n) is 6.27. The van der Waals surface area contributed by atoms with Crippen LogP contribution in [0, 0.1) is 9.49 Å². The van der Waals surface area contributed by atoms with Crippen LogP contribution in [-0.2, 0) is 19.1 Å². The highest BCUT2D eigenvalue weighted by Gasteiger charge is 2.42. The summed E-state index contributed by atoms with van der Waals surface area (Å²) in [6.07, 6.45) is 1.22. The first kappa shape index (κ1) is 28.8. The number of para-hydroxylation sites is 1. The first-order chi connectivity index (χ1) is 17.3. The van der Waals surface area contributed by atoms with Gasteiger partial charge in [-0.25, -0.2) is 0 Å². The van der Waals surface area contributed by atoms with Crippen LogP contribution >= 0.6 is 22.6 Å². The second-order valence-electron chi connectivity index (χ2n) is 9.31. The van der Waals surface area contributed by atoms with Crippen LogP contribution < -0.4 is 10.1 Å². The summed E-state index contributed by atoms with van der Waals surface area (Å²) < 4.78 is 18.2. The van der Waals surface area contributed by atoms with Gasteiger partial charge in [0, 0.05) is 38.3 Å². The van der Waals surface area contributed by atoms with Gasteiger partial charge in [0.2, 0.25) is 11.8 Å². The fraction of sp³-hybridized carbons (Fsp3) is 0.615. The van der Waals surface area contributed by atoms with Crippen molar-refractivity contribution in [3.8, 4) is 5.75 Å². The van der Waals surface area contributed by atoms with E-state index in [0.29, 0.717) is 50.5 Å². The minimum absolute atomic E-state index is 0.0773. The van der Waals surface area contributed by atoms with Gasteiger partial charge in [-0.3, -0.25) is 9.59 Å². The minimum atomic E-state index is -1.05. The molecule has 1 fully saturated rings. The number of amides is 2. The molecule has 36 heavy (non-hydrogen) atoms. The van der Waals surface area contributed by atoms with E-state index in [4.69, 9.17) is 19.3 Å². The molecule has 0 spiro atoms. The molecule has 200 valence electrons. The van der Waals surface area contributed by atoms with Crippen molar-refractivity contribution < 1.29 is 34.0 Å². The Hall–Kier alpha value is -1.73. The highest BCUT2D eigenvalue weighted by Crippen LogP contribution is 2.31. The van der Waals surface area contributed by atoms with Gasteiger partial charge >= 0.3 is 0 Å². The number of ether oxygens (including phenoxy) is 3. The molecule has 1 heterocycles. The van der Waals surface area contributed by atoms with Crippen molar-refractivity contribution in [1.29, 1.82) is 0 Å². The summed E-state index contributed by atoms with van der Waals surface area (Å²) in [5.74, 6) is -0.139. The number of rotatable bonds is 12. The molecule has 3 rings (SSSR count). The number of benzene rings is 1. The van der Waals surface area contributed by atoms with Crippen molar-refractivity contribution in [2.75, 3.05) is 39.5 Å². The first-order valence-electron chi connectivity index (χ1n) is 12.5. The standard InChI is InChI=1S/C26H37IN2O7/c1-17(2)35-12-5-10-29(26(33)18-8-13-34-16-18)21-14-19(25(32)28-9-11-30)15-23(24(21)31)36-22-7-4-3-6-20(22)27/h3-4,6-7,15,17-18,21,23-24,30-31H,5,8-14,16H2,1-2H3,(H,28,32). The summed E-state index contributed by atoms with van der Waals surface area (Å²) in [6.45, 7) is 5.58. The van der Waals surface area contributed by atoms with Gasteiger partial charge in [-0.2, -0.15) is 0 Å². The number of hydrogen-bond donors (Lipinski definition) is 3. The molecule has 1 aromatic rings. The maximum Gasteiger partial charge on any atom is 0.247 e. The summed E-state index contributed by atoms with van der Waals surface area (Å²) in [7, 11) is 0. The van der Waals surface area contributed by atoms with Crippen LogP contribution in [-0.4, -0.2) is 90.8 Å². The zero-order valence-corrected chi connectivity index (χ0v) is 23.1. The average Bonchev–Trinajstić information content (AvgIpc) is 3.40. The van der Waals surface area contributed by atoms with Crippen molar-refractivity contribution in [3.63, 3.8) is 0 Å². The topological polar surface area (TPSA) is 118 Å². The van der Waals surface area contributed by atoms with Gasteiger partial charge in [0.05, 0.1) is 34.8 Å². The summed E-state index contributed by atoms with van der Waals surface area (Å²) >= 11 is 2.16. The zero-order chi connectivity index (χ0) is 26.1. The molecular formula is C26H37IN2O7. The number of nitrogens with zero attached hydrogens (tertiary/aromatic N) is 1. The number of aliphatic hydroxyl groups excluding tert-OH is 2. The Morgan fingerprint density at radius 1 is 1.31 bits per heavy atom. The van der Waals surface area contributed by atoms with Crippen molar-refractivity contribution in [1.82, 2.24) is 10.2 Å². The number of aliphatic hydroxyl groups is 2. The van der Waals surface area contributed by atoms with Crippen LogP contribution in [0.5, 0.6) is 5.75 Å². The number of nitrogens with one attached hydrogen (secondary N) is 1. The minimum Gasteiger partial charge on any atom is -0.482 e. The predicted octanol–water partition coefficient (Wildman–Crippen LogP) is 1.89. The molecule has 3 N–H and O–H groups in total. The van der Waals surface area contributed by atoms with Crippen LogP contribution in [0.3, 0.4) is 0 Å².